The van der Waals surface area contributed by atoms with Crippen molar-refractivity contribution < 1.29 is 10.0 Å². The van der Waals surface area contributed by atoms with E-state index in [4.69, 9.17) is 10.9 Å². The molecule has 0 fully saturated rings. The standard InChI is InChI=1S/C13H14N4O2/c1-8-6-10(13(18)15-7-12(14)17-19)9-4-2-3-5-11(9)16-8/h2-6,19H,7H2,1H3,(H2,14,17)(H,15,18). The molecule has 0 aliphatic heterocycles. The zero-order valence-electron chi connectivity index (χ0n) is 10.4. The predicted octanol–water partition coefficient (Wildman–Crippen LogP) is 1.02. The van der Waals surface area contributed by atoms with E-state index in [-0.39, 0.29) is 18.3 Å². The second kappa shape index (κ2) is 5.34. The Balaban J connectivity index is 2.36. The molecule has 0 radical (unpaired) electrons. The molecule has 19 heavy (non-hydrogen) atoms. The lowest BCUT2D eigenvalue weighted by Gasteiger charge is -2.08. The Bertz CT molecular complexity index is 652. The summed E-state index contributed by atoms with van der Waals surface area (Å²) in [6, 6.07) is 9.11. The number of pyridine rings is 1. The minimum Gasteiger partial charge on any atom is -0.409 e. The third-order valence-electron chi connectivity index (χ3n) is 2.65. The van der Waals surface area contributed by atoms with Gasteiger partial charge in [0, 0.05) is 11.1 Å². The quantitative estimate of drug-likeness (QED) is 0.331. The Labute approximate surface area is 109 Å². The van der Waals surface area contributed by atoms with Crippen LogP contribution in [0.1, 0.15) is 16.1 Å². The van der Waals surface area contributed by atoms with Crippen LogP contribution >= 0.6 is 0 Å². The molecule has 0 saturated heterocycles. The van der Waals surface area contributed by atoms with Gasteiger partial charge in [-0.1, -0.05) is 23.4 Å². The van der Waals surface area contributed by atoms with Gasteiger partial charge in [-0.2, -0.15) is 0 Å². The van der Waals surface area contributed by atoms with Gasteiger partial charge >= 0.3 is 0 Å². The first kappa shape index (κ1) is 12.8. The number of nitrogens with two attached hydrogens (primary N) is 1. The summed E-state index contributed by atoms with van der Waals surface area (Å²) in [6.07, 6.45) is 0. The lowest BCUT2D eigenvalue weighted by atomic mass is 10.1. The highest BCUT2D eigenvalue weighted by atomic mass is 16.4. The molecule has 1 amide bonds. The van der Waals surface area contributed by atoms with Crippen LogP contribution in [0.3, 0.4) is 0 Å². The van der Waals surface area contributed by atoms with E-state index in [1.807, 2.05) is 31.2 Å². The van der Waals surface area contributed by atoms with Gasteiger partial charge in [-0.3, -0.25) is 9.78 Å². The van der Waals surface area contributed by atoms with Crippen molar-refractivity contribution in [1.82, 2.24) is 10.3 Å². The van der Waals surface area contributed by atoms with Gasteiger partial charge in [-0.25, -0.2) is 0 Å². The summed E-state index contributed by atoms with van der Waals surface area (Å²) in [5.41, 5.74) is 7.35. The number of benzene rings is 1. The van der Waals surface area contributed by atoms with Crippen LogP contribution in [0, 0.1) is 6.92 Å². The molecular weight excluding hydrogens is 244 g/mol. The maximum atomic E-state index is 12.1. The van der Waals surface area contributed by atoms with Crippen molar-refractivity contribution in [3.63, 3.8) is 0 Å². The zero-order chi connectivity index (χ0) is 13.8. The van der Waals surface area contributed by atoms with Gasteiger partial charge < -0.3 is 16.3 Å². The number of carbonyl (C=O) groups is 1. The molecule has 0 atom stereocenters. The van der Waals surface area contributed by atoms with Crippen molar-refractivity contribution in [2.24, 2.45) is 10.9 Å². The van der Waals surface area contributed by atoms with Gasteiger partial charge in [-0.05, 0) is 19.1 Å². The fourth-order valence-corrected chi connectivity index (χ4v) is 1.80. The van der Waals surface area contributed by atoms with E-state index in [1.54, 1.807) is 6.07 Å². The van der Waals surface area contributed by atoms with Gasteiger partial charge in [0.15, 0.2) is 5.84 Å². The highest BCUT2D eigenvalue weighted by Crippen LogP contribution is 2.17. The Morgan fingerprint density at radius 3 is 2.95 bits per heavy atom. The molecule has 6 nitrogen and oxygen atoms in total. The number of amides is 1. The minimum absolute atomic E-state index is 0.00890. The molecule has 1 aromatic carbocycles. The monoisotopic (exact) mass is 258 g/mol. The molecule has 4 N–H and O–H groups in total. The molecule has 0 aliphatic rings. The zero-order valence-corrected chi connectivity index (χ0v) is 10.4. The maximum Gasteiger partial charge on any atom is 0.252 e. The van der Waals surface area contributed by atoms with Crippen molar-refractivity contribution in [3.8, 4) is 0 Å². The molecule has 2 aromatic rings. The molecule has 1 aromatic heterocycles. The second-order valence-corrected chi connectivity index (χ2v) is 4.10. The van der Waals surface area contributed by atoms with Crippen LogP contribution in [0.4, 0.5) is 0 Å². The maximum absolute atomic E-state index is 12.1. The Morgan fingerprint density at radius 2 is 2.21 bits per heavy atom. The third-order valence-corrected chi connectivity index (χ3v) is 2.65. The van der Waals surface area contributed by atoms with E-state index in [0.717, 1.165) is 16.6 Å². The van der Waals surface area contributed by atoms with Crippen molar-refractivity contribution in [2.75, 3.05) is 6.54 Å². The van der Waals surface area contributed by atoms with Gasteiger partial charge in [0.25, 0.3) is 5.91 Å². The topological polar surface area (TPSA) is 101 Å². The van der Waals surface area contributed by atoms with Crippen LogP contribution in [0.5, 0.6) is 0 Å². The average molecular weight is 258 g/mol. The highest BCUT2D eigenvalue weighted by molar-refractivity contribution is 6.07. The number of hydrogen-bond donors (Lipinski definition) is 3. The molecule has 6 heteroatoms. The molecule has 1 heterocycles. The number of aryl methyl sites for hydroxylation is 1. The fraction of sp³-hybridized carbons (Fsp3) is 0.154. The highest BCUT2D eigenvalue weighted by Gasteiger charge is 2.11. The number of nitrogens with zero attached hydrogens (tertiary/aromatic N) is 2. The largest absolute Gasteiger partial charge is 0.409 e. The molecule has 0 bridgehead atoms. The SMILES string of the molecule is Cc1cc(C(=O)NC/C(N)=N/O)c2ccccc2n1. The van der Waals surface area contributed by atoms with Crippen LogP contribution in [0.15, 0.2) is 35.5 Å². The summed E-state index contributed by atoms with van der Waals surface area (Å²) < 4.78 is 0. The lowest BCUT2D eigenvalue weighted by Crippen LogP contribution is -2.33. The number of hydrogen-bond acceptors (Lipinski definition) is 4. The number of aromatic nitrogens is 1. The van der Waals surface area contributed by atoms with Gasteiger partial charge in [0.2, 0.25) is 0 Å². The second-order valence-electron chi connectivity index (χ2n) is 4.10. The van der Waals surface area contributed by atoms with E-state index >= 15 is 0 Å². The lowest BCUT2D eigenvalue weighted by molar-refractivity contribution is 0.0960. The molecule has 0 unspecified atom stereocenters. The molecule has 98 valence electrons. The molecule has 2 rings (SSSR count). The van der Waals surface area contributed by atoms with E-state index in [0.29, 0.717) is 5.56 Å². The molecular formula is C13H14N4O2. The van der Waals surface area contributed by atoms with E-state index in [9.17, 15) is 4.79 Å². The Hall–Kier alpha value is -2.63. The minimum atomic E-state index is -0.284. The summed E-state index contributed by atoms with van der Waals surface area (Å²) in [5, 5.41) is 14.6. The van der Waals surface area contributed by atoms with Crippen molar-refractivity contribution >= 4 is 22.6 Å². The van der Waals surface area contributed by atoms with E-state index in [2.05, 4.69) is 15.5 Å². The molecule has 0 aliphatic carbocycles. The van der Waals surface area contributed by atoms with Crippen molar-refractivity contribution in [3.05, 3.63) is 41.6 Å². The smallest absolute Gasteiger partial charge is 0.252 e. The summed E-state index contributed by atoms with van der Waals surface area (Å²) in [6.45, 7) is 1.82. The Morgan fingerprint density at radius 1 is 1.47 bits per heavy atom. The Kier molecular flexibility index (Phi) is 3.61. The number of oxime groups is 1. The van der Waals surface area contributed by atoms with Crippen LogP contribution in [-0.2, 0) is 0 Å². The number of nitrogens with one attached hydrogen (secondary N) is 1. The number of fused-ring (bicyclic) bond motifs is 1. The summed E-state index contributed by atoms with van der Waals surface area (Å²) in [4.78, 5) is 16.5. The number of para-hydroxylation sites is 1. The van der Waals surface area contributed by atoms with Gasteiger partial charge in [-0.15, -0.1) is 0 Å². The van der Waals surface area contributed by atoms with Crippen LogP contribution in [0.2, 0.25) is 0 Å². The fourth-order valence-electron chi connectivity index (χ4n) is 1.80. The first-order valence-corrected chi connectivity index (χ1v) is 5.73. The molecule has 0 spiro atoms. The summed E-state index contributed by atoms with van der Waals surface area (Å²) in [7, 11) is 0. The first-order valence-electron chi connectivity index (χ1n) is 5.73. The normalized spacial score (nSPS) is 11.5. The number of amidine groups is 1. The van der Waals surface area contributed by atoms with E-state index < -0.39 is 0 Å². The third kappa shape index (κ3) is 2.79. The van der Waals surface area contributed by atoms with Crippen LogP contribution in [-0.4, -0.2) is 28.5 Å². The van der Waals surface area contributed by atoms with Crippen molar-refractivity contribution in [1.29, 1.82) is 0 Å². The summed E-state index contributed by atoms with van der Waals surface area (Å²) in [5.74, 6) is -0.336. The molecule has 0 saturated carbocycles. The van der Waals surface area contributed by atoms with Crippen molar-refractivity contribution in [2.45, 2.75) is 6.92 Å². The van der Waals surface area contributed by atoms with Crippen LogP contribution in [0.25, 0.3) is 10.9 Å². The first-order chi connectivity index (χ1) is 9.11. The number of carbonyl (C=O) groups excluding carboxylic acids is 1. The predicted molar refractivity (Wildman–Crippen MR) is 72.2 cm³/mol. The summed E-state index contributed by atoms with van der Waals surface area (Å²) >= 11 is 0. The van der Waals surface area contributed by atoms with E-state index in [1.165, 1.54) is 0 Å². The number of rotatable bonds is 3. The van der Waals surface area contributed by atoms with Gasteiger partial charge in [0.05, 0.1) is 17.6 Å². The van der Waals surface area contributed by atoms with Gasteiger partial charge in [0.1, 0.15) is 0 Å². The average Bonchev–Trinajstić information content (AvgIpc) is 2.43. The van der Waals surface area contributed by atoms with Crippen LogP contribution < -0.4 is 11.1 Å².